The Labute approximate surface area is 178 Å². The topological polar surface area (TPSA) is 98.1 Å². The standard InChI is InChI=1S/C21H25F2N5O3/c1-12-6-5-7-14(27-20(30)31-21(2,3)4)15-10-13(8-9-24-15)17-16(26-18(12)29)11-25-28(17)19(22)23/h5-6,8-12,14,19H,7H2,1-4H3,(H,26,29)(H,27,30)/t12-,14-/m1/s1. The molecule has 0 aliphatic carbocycles. The molecule has 2 N–H and O–H groups in total. The summed E-state index contributed by atoms with van der Waals surface area (Å²) in [6.07, 6.45) is 5.80. The van der Waals surface area contributed by atoms with Crippen molar-refractivity contribution in [1.29, 1.82) is 0 Å². The summed E-state index contributed by atoms with van der Waals surface area (Å²) < 4.78 is 33.0. The van der Waals surface area contributed by atoms with Crippen molar-refractivity contribution < 1.29 is 23.1 Å². The third-order valence-electron chi connectivity index (χ3n) is 4.55. The van der Waals surface area contributed by atoms with Crippen LogP contribution in [0.1, 0.15) is 52.4 Å². The molecule has 1 aliphatic heterocycles. The van der Waals surface area contributed by atoms with E-state index in [2.05, 4.69) is 20.7 Å². The minimum absolute atomic E-state index is 0.0553. The first-order valence-corrected chi connectivity index (χ1v) is 9.84. The SMILES string of the molecule is C[C@@H]1C=CC[C@@H](NC(=O)OC(C)(C)C)c2cc(ccn2)-c2c(cnn2C(F)F)NC1=O. The first-order chi connectivity index (χ1) is 14.5. The Balaban J connectivity index is 2.07. The molecule has 0 spiro atoms. The Morgan fingerprint density at radius 3 is 2.81 bits per heavy atom. The number of hydrogen-bond donors (Lipinski definition) is 2. The Morgan fingerprint density at radius 1 is 1.39 bits per heavy atom. The smallest absolute Gasteiger partial charge is 0.408 e. The summed E-state index contributed by atoms with van der Waals surface area (Å²) in [5, 5.41) is 9.17. The summed E-state index contributed by atoms with van der Waals surface area (Å²) in [5.41, 5.74) is 0.373. The van der Waals surface area contributed by atoms with Crippen molar-refractivity contribution in [3.63, 3.8) is 0 Å². The van der Waals surface area contributed by atoms with E-state index in [0.29, 0.717) is 22.4 Å². The molecule has 0 saturated heterocycles. The fourth-order valence-corrected chi connectivity index (χ4v) is 3.13. The number of carbonyl (C=O) groups is 2. The molecule has 3 heterocycles. The highest BCUT2D eigenvalue weighted by atomic mass is 19.3. The molecule has 0 aromatic carbocycles. The van der Waals surface area contributed by atoms with Crippen LogP contribution in [-0.4, -0.2) is 32.4 Å². The summed E-state index contributed by atoms with van der Waals surface area (Å²) in [4.78, 5) is 29.2. The van der Waals surface area contributed by atoms with Gasteiger partial charge in [0.15, 0.2) is 0 Å². The molecule has 0 unspecified atom stereocenters. The van der Waals surface area contributed by atoms with Crippen LogP contribution in [0.25, 0.3) is 11.3 Å². The van der Waals surface area contributed by atoms with E-state index in [1.807, 2.05) is 0 Å². The van der Waals surface area contributed by atoms with Gasteiger partial charge in [-0.05, 0) is 39.3 Å². The van der Waals surface area contributed by atoms with E-state index in [1.165, 1.54) is 12.4 Å². The largest absolute Gasteiger partial charge is 0.444 e. The average molecular weight is 433 g/mol. The molecule has 2 aromatic rings. The third kappa shape index (κ3) is 5.44. The summed E-state index contributed by atoms with van der Waals surface area (Å²) in [5.74, 6) is -0.895. The highest BCUT2D eigenvalue weighted by molar-refractivity contribution is 5.96. The molecule has 31 heavy (non-hydrogen) atoms. The molecule has 2 amide bonds. The first kappa shape index (κ1) is 22.4. The number of nitrogens with zero attached hydrogens (tertiary/aromatic N) is 3. The maximum atomic E-state index is 13.6. The number of fused-ring (bicyclic) bond motifs is 4. The average Bonchev–Trinajstić information content (AvgIpc) is 3.08. The number of ether oxygens (including phenoxy) is 1. The highest BCUT2D eigenvalue weighted by Gasteiger charge is 2.25. The normalized spacial score (nSPS) is 19.1. The zero-order valence-electron chi connectivity index (χ0n) is 17.7. The second-order valence-electron chi connectivity index (χ2n) is 8.24. The third-order valence-corrected chi connectivity index (χ3v) is 4.55. The quantitative estimate of drug-likeness (QED) is 0.683. The van der Waals surface area contributed by atoms with Crippen molar-refractivity contribution in [2.24, 2.45) is 5.92 Å². The van der Waals surface area contributed by atoms with E-state index < -0.39 is 30.2 Å². The summed E-state index contributed by atoms with van der Waals surface area (Å²) in [7, 11) is 0. The van der Waals surface area contributed by atoms with E-state index in [1.54, 1.807) is 52.0 Å². The summed E-state index contributed by atoms with van der Waals surface area (Å²) in [6.45, 7) is 4.03. The minimum atomic E-state index is -2.90. The van der Waals surface area contributed by atoms with Gasteiger partial charge in [0.1, 0.15) is 5.60 Å². The van der Waals surface area contributed by atoms with Crippen LogP contribution < -0.4 is 10.6 Å². The van der Waals surface area contributed by atoms with Gasteiger partial charge < -0.3 is 15.4 Å². The lowest BCUT2D eigenvalue weighted by Crippen LogP contribution is -2.35. The molecular weight excluding hydrogens is 408 g/mol. The number of alkyl carbamates (subject to hydrolysis) is 1. The van der Waals surface area contributed by atoms with E-state index >= 15 is 0 Å². The molecule has 0 saturated carbocycles. The van der Waals surface area contributed by atoms with Crippen LogP contribution >= 0.6 is 0 Å². The number of carbonyl (C=O) groups excluding carboxylic acids is 2. The van der Waals surface area contributed by atoms with Crippen LogP contribution in [0.3, 0.4) is 0 Å². The van der Waals surface area contributed by atoms with Gasteiger partial charge >= 0.3 is 12.6 Å². The number of pyridine rings is 1. The van der Waals surface area contributed by atoms with Gasteiger partial charge in [0, 0.05) is 11.8 Å². The molecule has 2 atom stereocenters. The first-order valence-electron chi connectivity index (χ1n) is 9.84. The maximum absolute atomic E-state index is 13.6. The van der Waals surface area contributed by atoms with E-state index in [0.717, 1.165) is 0 Å². The van der Waals surface area contributed by atoms with Crippen LogP contribution in [0.15, 0.2) is 36.7 Å². The Bertz CT molecular complexity index is 997. The lowest BCUT2D eigenvalue weighted by molar-refractivity contribution is -0.118. The molecule has 0 radical (unpaired) electrons. The van der Waals surface area contributed by atoms with Crippen molar-refractivity contribution in [2.75, 3.05) is 5.32 Å². The molecule has 8 nitrogen and oxygen atoms in total. The van der Waals surface area contributed by atoms with Crippen molar-refractivity contribution in [3.8, 4) is 11.3 Å². The highest BCUT2D eigenvalue weighted by Crippen LogP contribution is 2.33. The zero-order valence-corrected chi connectivity index (χ0v) is 17.7. The lowest BCUT2D eigenvalue weighted by Gasteiger charge is -2.23. The number of alkyl halides is 2. The number of aromatic nitrogens is 3. The van der Waals surface area contributed by atoms with Gasteiger partial charge in [-0.3, -0.25) is 9.78 Å². The summed E-state index contributed by atoms with van der Waals surface area (Å²) >= 11 is 0. The van der Waals surface area contributed by atoms with Gasteiger partial charge in [-0.1, -0.05) is 19.1 Å². The fraction of sp³-hybridized carbons (Fsp3) is 0.429. The molecule has 2 aromatic heterocycles. The number of hydrogen-bond acceptors (Lipinski definition) is 5. The number of anilines is 1. The lowest BCUT2D eigenvalue weighted by atomic mass is 10.0. The van der Waals surface area contributed by atoms with Gasteiger partial charge in [0.25, 0.3) is 0 Å². The van der Waals surface area contributed by atoms with Crippen LogP contribution in [0.4, 0.5) is 19.3 Å². The van der Waals surface area contributed by atoms with Gasteiger partial charge in [0.2, 0.25) is 5.91 Å². The van der Waals surface area contributed by atoms with Crippen molar-refractivity contribution in [1.82, 2.24) is 20.1 Å². The Hall–Kier alpha value is -3.30. The van der Waals surface area contributed by atoms with E-state index in [4.69, 9.17) is 4.74 Å². The molecule has 3 rings (SSSR count). The number of amides is 2. The molecule has 2 bridgehead atoms. The number of rotatable bonds is 2. The van der Waals surface area contributed by atoms with Crippen molar-refractivity contribution >= 4 is 17.7 Å². The van der Waals surface area contributed by atoms with Crippen LogP contribution in [0, 0.1) is 5.92 Å². The van der Waals surface area contributed by atoms with Gasteiger partial charge in [-0.15, -0.1) is 0 Å². The zero-order chi connectivity index (χ0) is 22.8. The predicted molar refractivity (Wildman–Crippen MR) is 110 cm³/mol. The second kappa shape index (κ2) is 8.83. The number of nitrogens with one attached hydrogen (secondary N) is 2. The fourth-order valence-electron chi connectivity index (χ4n) is 3.13. The van der Waals surface area contributed by atoms with Crippen LogP contribution in [0.2, 0.25) is 0 Å². The molecular formula is C21H25F2N5O3. The van der Waals surface area contributed by atoms with Crippen LogP contribution in [-0.2, 0) is 9.53 Å². The Kier molecular flexibility index (Phi) is 6.37. The molecule has 10 heteroatoms. The van der Waals surface area contributed by atoms with E-state index in [-0.39, 0.29) is 17.3 Å². The van der Waals surface area contributed by atoms with Gasteiger partial charge in [-0.25, -0.2) is 9.48 Å². The molecule has 0 fully saturated rings. The molecule has 166 valence electrons. The second-order valence-corrected chi connectivity index (χ2v) is 8.24. The predicted octanol–water partition coefficient (Wildman–Crippen LogP) is 4.44. The van der Waals surface area contributed by atoms with Crippen LogP contribution in [0.5, 0.6) is 0 Å². The van der Waals surface area contributed by atoms with Crippen molar-refractivity contribution in [2.45, 2.75) is 52.3 Å². The number of halogens is 2. The van der Waals surface area contributed by atoms with E-state index in [9.17, 15) is 18.4 Å². The summed E-state index contributed by atoms with van der Waals surface area (Å²) in [6, 6.07) is 2.55. The monoisotopic (exact) mass is 433 g/mol. The Morgan fingerprint density at radius 2 is 2.13 bits per heavy atom. The minimum Gasteiger partial charge on any atom is -0.444 e. The van der Waals surface area contributed by atoms with Crippen molar-refractivity contribution in [3.05, 3.63) is 42.4 Å². The maximum Gasteiger partial charge on any atom is 0.408 e. The van der Waals surface area contributed by atoms with Gasteiger partial charge in [0.05, 0.1) is 35.2 Å². The van der Waals surface area contributed by atoms with Gasteiger partial charge in [-0.2, -0.15) is 13.9 Å². The molecule has 1 aliphatic rings.